The summed E-state index contributed by atoms with van der Waals surface area (Å²) in [5.41, 5.74) is 0.683. The fraction of sp³-hybridized carbons (Fsp3) is 0.577. The second-order valence-electron chi connectivity index (χ2n) is 10.3. The number of aryl methyl sites for hydroxylation is 1. The number of halogens is 2. The lowest BCUT2D eigenvalue weighted by molar-refractivity contribution is -0.212. The van der Waals surface area contributed by atoms with Gasteiger partial charge in [-0.25, -0.2) is 13.5 Å². The molecule has 0 amide bonds. The molecule has 2 aliphatic heterocycles. The van der Waals surface area contributed by atoms with Crippen molar-refractivity contribution in [3.05, 3.63) is 53.0 Å². The van der Waals surface area contributed by atoms with E-state index in [0.717, 1.165) is 18.6 Å². The van der Waals surface area contributed by atoms with Gasteiger partial charge in [0.1, 0.15) is 35.8 Å². The van der Waals surface area contributed by atoms with Crippen LogP contribution in [0.4, 0.5) is 8.78 Å². The van der Waals surface area contributed by atoms with Crippen LogP contribution in [0.25, 0.3) is 11.3 Å². The van der Waals surface area contributed by atoms with Gasteiger partial charge in [-0.3, -0.25) is 0 Å². The van der Waals surface area contributed by atoms with Gasteiger partial charge in [-0.2, -0.15) is 0 Å². The first kappa shape index (κ1) is 26.8. The van der Waals surface area contributed by atoms with Crippen LogP contribution in [0, 0.1) is 18.6 Å². The summed E-state index contributed by atoms with van der Waals surface area (Å²) in [4.78, 5) is 0. The van der Waals surface area contributed by atoms with Gasteiger partial charge in [0, 0.05) is 43.8 Å². The third-order valence-electron chi connectivity index (χ3n) is 7.76. The first-order valence-corrected chi connectivity index (χ1v) is 12.6. The molecule has 0 aliphatic carbocycles. The highest BCUT2D eigenvalue weighted by atomic mass is 19.2. The Kier molecular flexibility index (Phi) is 7.60. The van der Waals surface area contributed by atoms with Crippen LogP contribution in [0.1, 0.15) is 42.8 Å². The molecule has 10 nitrogen and oxygen atoms in total. The number of hydrogen-bond acceptors (Lipinski definition) is 9. The molecule has 0 saturated carbocycles. The molecule has 2 aromatic heterocycles. The molecule has 206 valence electrons. The number of aliphatic hydroxyl groups is 2. The van der Waals surface area contributed by atoms with Gasteiger partial charge in [-0.05, 0) is 31.4 Å². The highest BCUT2D eigenvalue weighted by Crippen LogP contribution is 2.37. The summed E-state index contributed by atoms with van der Waals surface area (Å²) >= 11 is 0. The highest BCUT2D eigenvalue weighted by molar-refractivity contribution is 5.59. The summed E-state index contributed by atoms with van der Waals surface area (Å²) in [7, 11) is 1.48. The van der Waals surface area contributed by atoms with Crippen molar-refractivity contribution < 1.29 is 37.7 Å². The van der Waals surface area contributed by atoms with Gasteiger partial charge in [-0.15, -0.1) is 5.10 Å². The summed E-state index contributed by atoms with van der Waals surface area (Å²) in [6.07, 6.45) is -0.182. The summed E-state index contributed by atoms with van der Waals surface area (Å²) < 4.78 is 53.1. The van der Waals surface area contributed by atoms with Crippen LogP contribution in [0.2, 0.25) is 0 Å². The summed E-state index contributed by atoms with van der Waals surface area (Å²) in [6.45, 7) is 4.44. The number of aromatic nitrogens is 4. The Morgan fingerprint density at radius 2 is 1.95 bits per heavy atom. The van der Waals surface area contributed by atoms with E-state index in [2.05, 4.69) is 22.4 Å². The molecule has 0 spiro atoms. The van der Waals surface area contributed by atoms with E-state index >= 15 is 0 Å². The zero-order valence-electron chi connectivity index (χ0n) is 21.5. The zero-order valence-corrected chi connectivity index (χ0v) is 21.5. The molecule has 1 aromatic carbocycles. The molecule has 2 aliphatic rings. The number of nitrogens with zero attached hydrogens (tertiary/aromatic N) is 4. The first-order chi connectivity index (χ1) is 18.3. The van der Waals surface area contributed by atoms with Crippen LogP contribution in [0.5, 0.6) is 0 Å². The molecule has 2 fully saturated rings. The normalized spacial score (nSPS) is 27.5. The van der Waals surface area contributed by atoms with E-state index in [1.807, 2.05) is 6.07 Å². The monoisotopic (exact) mass is 534 g/mol. The van der Waals surface area contributed by atoms with Gasteiger partial charge in [0.15, 0.2) is 11.6 Å². The number of methoxy groups -OCH3 is 1. The van der Waals surface area contributed by atoms with Gasteiger partial charge < -0.3 is 28.9 Å². The number of rotatable bonds is 7. The third-order valence-corrected chi connectivity index (χ3v) is 7.76. The molecule has 2 N–H and O–H groups in total. The Morgan fingerprint density at radius 1 is 1.18 bits per heavy atom. The predicted molar refractivity (Wildman–Crippen MR) is 129 cm³/mol. The summed E-state index contributed by atoms with van der Waals surface area (Å²) in [6, 6.07) is 3.95. The molecule has 4 heterocycles. The minimum absolute atomic E-state index is 0.0538. The minimum atomic E-state index is -1.22. The second-order valence-corrected chi connectivity index (χ2v) is 10.3. The van der Waals surface area contributed by atoms with Crippen LogP contribution in [-0.2, 0) is 26.0 Å². The van der Waals surface area contributed by atoms with Crippen molar-refractivity contribution in [3.63, 3.8) is 0 Å². The van der Waals surface area contributed by atoms with E-state index in [4.69, 9.17) is 18.7 Å². The number of benzene rings is 1. The van der Waals surface area contributed by atoms with Gasteiger partial charge >= 0.3 is 0 Å². The van der Waals surface area contributed by atoms with E-state index in [0.29, 0.717) is 18.9 Å². The average molecular weight is 535 g/mol. The van der Waals surface area contributed by atoms with E-state index in [-0.39, 0.29) is 28.7 Å². The lowest BCUT2D eigenvalue weighted by atomic mass is 9.80. The standard InChI is InChI=1S/C26H32F2N4O6/c1-14-4-5-16(22(28)21(14)27)17-12-32(31-29-17)23-24(34)19(13-33)37-18(25(23)35-3)10-15-11-20(38-30-15)26(2)6-8-36-9-7-26/h4-5,11-12,18-19,23-25,33-34H,6-10,13H2,1-3H3/t18-,19-,23+,24+,25+/m1/s1. The SMILES string of the molecule is CO[C@@H]1[C@@H](n2cc(-c3ccc(C)c(F)c3F)nn2)[C@@H](O)[C@@H](CO)O[C@@H]1Cc1cc(C2(C)CCOCC2)on1. The Balaban J connectivity index is 1.42. The predicted octanol–water partition coefficient (Wildman–Crippen LogP) is 2.51. The van der Waals surface area contributed by atoms with Crippen molar-refractivity contribution in [1.82, 2.24) is 20.2 Å². The molecule has 38 heavy (non-hydrogen) atoms. The largest absolute Gasteiger partial charge is 0.394 e. The molecular formula is C26H32F2N4O6. The smallest absolute Gasteiger partial charge is 0.168 e. The fourth-order valence-corrected chi connectivity index (χ4v) is 5.29. The van der Waals surface area contributed by atoms with Crippen LogP contribution in [0.15, 0.2) is 28.9 Å². The quantitative estimate of drug-likeness (QED) is 0.470. The Morgan fingerprint density at radius 3 is 2.66 bits per heavy atom. The second kappa shape index (κ2) is 10.8. The number of ether oxygens (including phenoxy) is 3. The van der Waals surface area contributed by atoms with Gasteiger partial charge in [0.2, 0.25) is 0 Å². The molecule has 0 unspecified atom stereocenters. The maximum absolute atomic E-state index is 14.6. The topological polar surface area (TPSA) is 125 Å². The minimum Gasteiger partial charge on any atom is -0.394 e. The molecule has 12 heteroatoms. The van der Waals surface area contributed by atoms with Gasteiger partial charge in [0.25, 0.3) is 0 Å². The van der Waals surface area contributed by atoms with Crippen LogP contribution in [0.3, 0.4) is 0 Å². The lowest BCUT2D eigenvalue weighted by Gasteiger charge is -2.43. The zero-order chi connectivity index (χ0) is 27.0. The average Bonchev–Trinajstić information content (AvgIpc) is 3.59. The van der Waals surface area contributed by atoms with E-state index in [9.17, 15) is 19.0 Å². The highest BCUT2D eigenvalue weighted by Gasteiger charge is 2.47. The van der Waals surface area contributed by atoms with Crippen LogP contribution >= 0.6 is 0 Å². The van der Waals surface area contributed by atoms with Crippen LogP contribution < -0.4 is 0 Å². The fourth-order valence-electron chi connectivity index (χ4n) is 5.29. The maximum atomic E-state index is 14.6. The Bertz CT molecular complexity index is 1260. The Hall–Kier alpha value is -2.77. The van der Waals surface area contributed by atoms with Crippen molar-refractivity contribution >= 4 is 0 Å². The third kappa shape index (κ3) is 4.87. The molecule has 0 radical (unpaired) electrons. The van der Waals surface area contributed by atoms with Crippen molar-refractivity contribution in [2.45, 2.75) is 69.0 Å². The lowest BCUT2D eigenvalue weighted by Crippen LogP contribution is -2.57. The van der Waals surface area contributed by atoms with Crippen molar-refractivity contribution in [2.24, 2.45) is 0 Å². The summed E-state index contributed by atoms with van der Waals surface area (Å²) in [5, 5.41) is 33.4. The van der Waals surface area contributed by atoms with Gasteiger partial charge in [0.05, 0.1) is 24.6 Å². The summed E-state index contributed by atoms with van der Waals surface area (Å²) in [5.74, 6) is -1.22. The van der Waals surface area contributed by atoms with Crippen LogP contribution in [-0.4, -0.2) is 81.7 Å². The molecule has 2 saturated heterocycles. The molecule has 5 atom stereocenters. The van der Waals surface area contributed by atoms with E-state index < -0.39 is 48.7 Å². The number of hydrogen-bond donors (Lipinski definition) is 2. The molecule has 5 rings (SSSR count). The number of aliphatic hydroxyl groups excluding tert-OH is 2. The van der Waals surface area contributed by atoms with Gasteiger partial charge in [-0.1, -0.05) is 23.4 Å². The molecule has 0 bridgehead atoms. The van der Waals surface area contributed by atoms with E-state index in [1.165, 1.54) is 37.0 Å². The van der Waals surface area contributed by atoms with Crippen molar-refractivity contribution in [3.8, 4) is 11.3 Å². The van der Waals surface area contributed by atoms with E-state index in [1.54, 1.807) is 0 Å². The first-order valence-electron chi connectivity index (χ1n) is 12.6. The molecule has 3 aromatic rings. The van der Waals surface area contributed by atoms with Crippen molar-refractivity contribution in [2.75, 3.05) is 26.9 Å². The Labute approximate surface area is 218 Å². The van der Waals surface area contributed by atoms with Crippen molar-refractivity contribution in [1.29, 1.82) is 0 Å². The molecular weight excluding hydrogens is 502 g/mol. The maximum Gasteiger partial charge on any atom is 0.168 e.